The summed E-state index contributed by atoms with van der Waals surface area (Å²) in [7, 11) is 0. The van der Waals surface area contributed by atoms with Crippen molar-refractivity contribution >= 4 is 52.7 Å². The fraction of sp³-hybridized carbons (Fsp3) is 0.190. The van der Waals surface area contributed by atoms with Gasteiger partial charge in [-0.2, -0.15) is 0 Å². The van der Waals surface area contributed by atoms with Crippen LogP contribution in [0.4, 0.5) is 11.4 Å². The summed E-state index contributed by atoms with van der Waals surface area (Å²) in [6.07, 6.45) is 1.28. The smallest absolute Gasteiger partial charge is 0.338 e. The molecule has 148 valence electrons. The summed E-state index contributed by atoms with van der Waals surface area (Å²) in [6, 6.07) is 13.6. The van der Waals surface area contributed by atoms with Crippen LogP contribution < -0.4 is 10.2 Å². The molecule has 1 heterocycles. The summed E-state index contributed by atoms with van der Waals surface area (Å²) in [5.41, 5.74) is 2.50. The Hall–Kier alpha value is -3.39. The lowest BCUT2D eigenvalue weighted by molar-refractivity contribution is -0.130. The number of benzene rings is 2. The lowest BCUT2D eigenvalue weighted by Crippen LogP contribution is -2.58. The van der Waals surface area contributed by atoms with E-state index in [9.17, 15) is 14.4 Å². The van der Waals surface area contributed by atoms with Crippen molar-refractivity contribution in [3.8, 4) is 0 Å². The molecular weight excluding hydrogens is 390 g/mol. The Morgan fingerprint density at radius 3 is 2.45 bits per heavy atom. The SMILES string of the molecule is CCOC(=O)c1ccc(N=C[C@H]2C(=O)NC(=S)N(c3ccc(C)cc3)C2=O)cc1. The standard InChI is InChI=1S/C21H19N3O4S/c1-3-28-20(27)14-6-8-15(9-7-14)22-12-17-18(25)23-21(29)24(19(17)26)16-10-4-13(2)5-11-16/h4-12,17H,3H2,1-2H3,(H,23,25,29)/t17-/m0/s1. The van der Waals surface area contributed by atoms with E-state index in [2.05, 4.69) is 10.3 Å². The normalized spacial score (nSPS) is 16.8. The highest BCUT2D eigenvalue weighted by Gasteiger charge is 2.38. The Morgan fingerprint density at radius 2 is 1.83 bits per heavy atom. The minimum atomic E-state index is -1.12. The highest BCUT2D eigenvalue weighted by Crippen LogP contribution is 2.22. The van der Waals surface area contributed by atoms with Crippen LogP contribution >= 0.6 is 12.2 Å². The molecule has 0 radical (unpaired) electrons. The molecule has 0 unspecified atom stereocenters. The number of esters is 1. The van der Waals surface area contributed by atoms with E-state index in [1.807, 2.05) is 19.1 Å². The quantitative estimate of drug-likeness (QED) is 0.355. The molecule has 2 amide bonds. The number of amides is 2. The van der Waals surface area contributed by atoms with Gasteiger partial charge in [0.1, 0.15) is 0 Å². The molecule has 2 aromatic carbocycles. The van der Waals surface area contributed by atoms with Crippen LogP contribution in [0.2, 0.25) is 0 Å². The van der Waals surface area contributed by atoms with Gasteiger partial charge in [-0.05, 0) is 62.5 Å². The van der Waals surface area contributed by atoms with Crippen LogP contribution in [0.5, 0.6) is 0 Å². The first kappa shape index (κ1) is 20.3. The van der Waals surface area contributed by atoms with Gasteiger partial charge in [-0.25, -0.2) is 4.79 Å². The summed E-state index contributed by atoms with van der Waals surface area (Å²) in [5.74, 6) is -2.55. The Morgan fingerprint density at radius 1 is 1.17 bits per heavy atom. The zero-order chi connectivity index (χ0) is 21.0. The number of anilines is 1. The number of ether oxygens (including phenoxy) is 1. The van der Waals surface area contributed by atoms with Crippen molar-refractivity contribution in [1.82, 2.24) is 5.32 Å². The molecule has 0 bridgehead atoms. The third-order valence-corrected chi connectivity index (χ3v) is 4.53. The third-order valence-electron chi connectivity index (χ3n) is 4.25. The number of rotatable bonds is 5. The van der Waals surface area contributed by atoms with Gasteiger partial charge in [0.25, 0.3) is 5.91 Å². The van der Waals surface area contributed by atoms with Crippen LogP contribution in [0.3, 0.4) is 0 Å². The molecule has 1 aliphatic rings. The van der Waals surface area contributed by atoms with E-state index in [-0.39, 0.29) is 11.7 Å². The van der Waals surface area contributed by atoms with E-state index in [0.29, 0.717) is 16.9 Å². The number of nitrogens with one attached hydrogen (secondary N) is 1. The molecule has 1 aliphatic heterocycles. The van der Waals surface area contributed by atoms with Crippen LogP contribution in [-0.2, 0) is 14.3 Å². The molecule has 0 spiro atoms. The highest BCUT2D eigenvalue weighted by molar-refractivity contribution is 7.80. The van der Waals surface area contributed by atoms with Crippen LogP contribution in [0.25, 0.3) is 0 Å². The number of carbonyl (C=O) groups is 3. The van der Waals surface area contributed by atoms with Crippen molar-refractivity contribution in [3.63, 3.8) is 0 Å². The van der Waals surface area contributed by atoms with Gasteiger partial charge < -0.3 is 10.1 Å². The number of aryl methyl sites for hydroxylation is 1. The lowest BCUT2D eigenvalue weighted by Gasteiger charge is -2.30. The number of carbonyl (C=O) groups excluding carboxylic acids is 3. The van der Waals surface area contributed by atoms with Gasteiger partial charge in [-0.15, -0.1) is 0 Å². The number of aliphatic imine (C=N–C) groups is 1. The average Bonchev–Trinajstić information content (AvgIpc) is 2.69. The number of hydrogen-bond donors (Lipinski definition) is 1. The first-order valence-corrected chi connectivity index (χ1v) is 9.38. The van der Waals surface area contributed by atoms with Crippen molar-refractivity contribution in [2.45, 2.75) is 13.8 Å². The molecule has 1 atom stereocenters. The fourth-order valence-corrected chi connectivity index (χ4v) is 3.01. The molecular formula is C21H19N3O4S. The molecule has 29 heavy (non-hydrogen) atoms. The van der Waals surface area contributed by atoms with Crippen LogP contribution in [-0.4, -0.2) is 35.7 Å². The average molecular weight is 409 g/mol. The summed E-state index contributed by atoms with van der Waals surface area (Å²) in [4.78, 5) is 42.4. The maximum Gasteiger partial charge on any atom is 0.338 e. The summed E-state index contributed by atoms with van der Waals surface area (Å²) < 4.78 is 4.93. The van der Waals surface area contributed by atoms with Gasteiger partial charge in [0, 0.05) is 6.21 Å². The first-order valence-electron chi connectivity index (χ1n) is 8.97. The summed E-state index contributed by atoms with van der Waals surface area (Å²) in [6.45, 7) is 3.95. The summed E-state index contributed by atoms with van der Waals surface area (Å²) in [5, 5.41) is 2.58. The molecule has 0 saturated carbocycles. The van der Waals surface area contributed by atoms with Crippen LogP contribution in [0.15, 0.2) is 53.5 Å². The van der Waals surface area contributed by atoms with Crippen molar-refractivity contribution in [1.29, 1.82) is 0 Å². The fourth-order valence-electron chi connectivity index (χ4n) is 2.72. The van der Waals surface area contributed by atoms with E-state index in [1.165, 1.54) is 11.1 Å². The number of thiocarbonyl (C=S) groups is 1. The van der Waals surface area contributed by atoms with Gasteiger partial charge in [-0.1, -0.05) is 17.7 Å². The van der Waals surface area contributed by atoms with E-state index in [0.717, 1.165) is 5.56 Å². The predicted octanol–water partition coefficient (Wildman–Crippen LogP) is 2.94. The van der Waals surface area contributed by atoms with Crippen molar-refractivity contribution in [2.24, 2.45) is 10.9 Å². The second-order valence-electron chi connectivity index (χ2n) is 6.33. The topological polar surface area (TPSA) is 88.1 Å². The Kier molecular flexibility index (Phi) is 6.13. The molecule has 7 nitrogen and oxygen atoms in total. The molecule has 0 aromatic heterocycles. The van der Waals surface area contributed by atoms with Crippen LogP contribution in [0, 0.1) is 12.8 Å². The van der Waals surface area contributed by atoms with Crippen molar-refractivity contribution < 1.29 is 19.1 Å². The predicted molar refractivity (Wildman–Crippen MR) is 113 cm³/mol. The van der Waals surface area contributed by atoms with Gasteiger partial charge in [0.05, 0.1) is 23.5 Å². The van der Waals surface area contributed by atoms with Gasteiger partial charge in [-0.3, -0.25) is 19.5 Å². The van der Waals surface area contributed by atoms with E-state index < -0.39 is 23.7 Å². The maximum absolute atomic E-state index is 12.9. The molecule has 3 rings (SSSR count). The zero-order valence-electron chi connectivity index (χ0n) is 15.9. The molecule has 8 heteroatoms. The second-order valence-corrected chi connectivity index (χ2v) is 6.71. The van der Waals surface area contributed by atoms with Gasteiger partial charge in [0.15, 0.2) is 11.0 Å². The van der Waals surface area contributed by atoms with Crippen molar-refractivity contribution in [2.75, 3.05) is 11.5 Å². The third kappa shape index (κ3) is 4.55. The number of nitrogens with zero attached hydrogens (tertiary/aromatic N) is 2. The molecule has 0 aliphatic carbocycles. The second kappa shape index (κ2) is 8.74. The highest BCUT2D eigenvalue weighted by atomic mass is 32.1. The van der Waals surface area contributed by atoms with E-state index in [1.54, 1.807) is 43.3 Å². The summed E-state index contributed by atoms with van der Waals surface area (Å²) >= 11 is 5.17. The van der Waals surface area contributed by atoms with E-state index >= 15 is 0 Å². The van der Waals surface area contributed by atoms with E-state index in [4.69, 9.17) is 17.0 Å². The Labute approximate surface area is 173 Å². The number of hydrogen-bond acceptors (Lipinski definition) is 6. The molecule has 2 aromatic rings. The zero-order valence-corrected chi connectivity index (χ0v) is 16.7. The molecule has 1 saturated heterocycles. The molecule has 1 N–H and O–H groups in total. The van der Waals surface area contributed by atoms with Gasteiger partial charge in [0.2, 0.25) is 5.91 Å². The minimum absolute atomic E-state index is 0.0345. The molecule has 1 fully saturated rings. The van der Waals surface area contributed by atoms with Crippen LogP contribution in [0.1, 0.15) is 22.8 Å². The Bertz CT molecular complexity index is 984. The monoisotopic (exact) mass is 409 g/mol. The largest absolute Gasteiger partial charge is 0.462 e. The lowest BCUT2D eigenvalue weighted by atomic mass is 10.1. The minimum Gasteiger partial charge on any atom is -0.462 e. The van der Waals surface area contributed by atoms with Gasteiger partial charge >= 0.3 is 5.97 Å². The first-order chi connectivity index (χ1) is 13.9. The maximum atomic E-state index is 12.9. The van der Waals surface area contributed by atoms with Crippen molar-refractivity contribution in [3.05, 3.63) is 59.7 Å². The Balaban J connectivity index is 1.79.